The topological polar surface area (TPSA) is 54.7 Å². The van der Waals surface area contributed by atoms with Crippen LogP contribution in [0.1, 0.15) is 28.4 Å². The number of nitrogens with zero attached hydrogens (tertiary/aromatic N) is 2. The number of imidazole rings is 1. The summed E-state index contributed by atoms with van der Waals surface area (Å²) < 4.78 is 5.84. The molecule has 0 fully saturated rings. The molecule has 4 nitrogen and oxygen atoms in total. The largest absolute Gasteiger partial charge is 0.441 e. The van der Waals surface area contributed by atoms with Gasteiger partial charge in [0, 0.05) is 23.4 Å². The van der Waals surface area contributed by atoms with Crippen LogP contribution in [-0.4, -0.2) is 15.0 Å². The van der Waals surface area contributed by atoms with Crippen LogP contribution in [-0.2, 0) is 12.2 Å². The first kappa shape index (κ1) is 17.6. The van der Waals surface area contributed by atoms with Crippen molar-refractivity contribution in [3.05, 3.63) is 89.1 Å². The van der Waals surface area contributed by atoms with Crippen molar-refractivity contribution in [3.63, 3.8) is 0 Å². The zero-order valence-corrected chi connectivity index (χ0v) is 16.2. The molecule has 2 heterocycles. The van der Waals surface area contributed by atoms with Crippen molar-refractivity contribution in [2.45, 2.75) is 31.2 Å². The van der Waals surface area contributed by atoms with Crippen molar-refractivity contribution in [2.75, 3.05) is 0 Å². The minimum Gasteiger partial charge on any atom is -0.441 e. The Morgan fingerprint density at radius 3 is 2.33 bits per heavy atom. The maximum atomic E-state index is 5.84. The number of nitrogens with one attached hydrogen (secondary N) is 1. The van der Waals surface area contributed by atoms with Crippen LogP contribution in [0.2, 0.25) is 0 Å². The lowest BCUT2D eigenvalue weighted by Crippen LogP contribution is -1.90. The fourth-order valence-corrected chi connectivity index (χ4v) is 3.84. The molecule has 0 bridgehead atoms. The normalized spacial score (nSPS) is 11.0. The van der Waals surface area contributed by atoms with Crippen LogP contribution in [0, 0.1) is 13.8 Å². The summed E-state index contributed by atoms with van der Waals surface area (Å²) in [7, 11) is 0. The highest BCUT2D eigenvalue weighted by Crippen LogP contribution is 2.27. The maximum absolute atomic E-state index is 5.84. The molecule has 0 saturated heterocycles. The van der Waals surface area contributed by atoms with Crippen molar-refractivity contribution in [1.29, 1.82) is 0 Å². The lowest BCUT2D eigenvalue weighted by molar-refractivity contribution is 0.540. The molecule has 1 N–H and O–H groups in total. The number of hydrogen-bond acceptors (Lipinski definition) is 4. The van der Waals surface area contributed by atoms with Gasteiger partial charge in [-0.1, -0.05) is 60.3 Å². The molecule has 0 aliphatic heterocycles. The first-order valence-corrected chi connectivity index (χ1v) is 9.91. The van der Waals surface area contributed by atoms with Gasteiger partial charge in [0.05, 0.1) is 11.4 Å². The third-order valence-electron chi connectivity index (χ3n) is 4.44. The third-order valence-corrected chi connectivity index (χ3v) is 5.32. The zero-order chi connectivity index (χ0) is 18.6. The van der Waals surface area contributed by atoms with Crippen LogP contribution in [0.5, 0.6) is 0 Å². The Balaban J connectivity index is 1.45. The minimum absolute atomic E-state index is 0.670. The van der Waals surface area contributed by atoms with E-state index in [1.807, 2.05) is 43.3 Å². The first-order chi connectivity index (χ1) is 13.2. The van der Waals surface area contributed by atoms with Crippen LogP contribution in [0.15, 0.2) is 70.2 Å². The number of aryl methyl sites for hydroxylation is 2. The molecule has 0 unspecified atom stereocenters. The number of aromatic amines is 1. The molecule has 0 spiro atoms. The molecule has 0 aliphatic carbocycles. The third kappa shape index (κ3) is 4.14. The van der Waals surface area contributed by atoms with Crippen molar-refractivity contribution in [3.8, 4) is 11.5 Å². The molecule has 27 heavy (non-hydrogen) atoms. The Kier molecular flexibility index (Phi) is 5.12. The lowest BCUT2D eigenvalue weighted by atomic mass is 10.1. The van der Waals surface area contributed by atoms with Crippen LogP contribution in [0.4, 0.5) is 0 Å². The fraction of sp³-hybridized carbons (Fsp3) is 0.182. The number of H-pyrrole nitrogens is 1. The van der Waals surface area contributed by atoms with E-state index in [0.29, 0.717) is 5.89 Å². The molecule has 0 atom stereocenters. The molecule has 2 aromatic carbocycles. The lowest BCUT2D eigenvalue weighted by Gasteiger charge is -1.98. The second-order valence-electron chi connectivity index (χ2n) is 6.45. The summed E-state index contributed by atoms with van der Waals surface area (Å²) in [5.74, 6) is 2.25. The molecule has 136 valence electrons. The Hall–Kier alpha value is -2.79. The molecule has 4 aromatic rings. The Morgan fingerprint density at radius 1 is 0.889 bits per heavy atom. The monoisotopic (exact) mass is 375 g/mol. The highest BCUT2D eigenvalue weighted by molar-refractivity contribution is 7.98. The van der Waals surface area contributed by atoms with Crippen LogP contribution in [0.3, 0.4) is 0 Å². The van der Waals surface area contributed by atoms with Gasteiger partial charge >= 0.3 is 0 Å². The summed E-state index contributed by atoms with van der Waals surface area (Å²) in [5.41, 5.74) is 5.42. The van der Waals surface area contributed by atoms with Crippen molar-refractivity contribution < 1.29 is 4.42 Å². The van der Waals surface area contributed by atoms with Gasteiger partial charge in [0.2, 0.25) is 5.89 Å². The summed E-state index contributed by atoms with van der Waals surface area (Å²) in [6, 6.07) is 20.4. The maximum Gasteiger partial charge on any atom is 0.226 e. The number of benzene rings is 2. The van der Waals surface area contributed by atoms with Gasteiger partial charge in [-0.2, -0.15) is 0 Å². The molecule has 0 amide bonds. The number of oxazole rings is 1. The van der Waals surface area contributed by atoms with Gasteiger partial charge in [-0.05, 0) is 31.5 Å². The average molecular weight is 375 g/mol. The quantitative estimate of drug-likeness (QED) is 0.448. The SMILES string of the molecule is Cc1[nH]c(SCc2nc(-c3ccccc3)oc2C)nc1Cc1ccccc1. The molecule has 4 rings (SSSR count). The smallest absolute Gasteiger partial charge is 0.226 e. The van der Waals surface area contributed by atoms with E-state index < -0.39 is 0 Å². The highest BCUT2D eigenvalue weighted by atomic mass is 32.2. The number of rotatable bonds is 6. The summed E-state index contributed by atoms with van der Waals surface area (Å²) in [6.07, 6.45) is 0.838. The van der Waals surface area contributed by atoms with Crippen LogP contribution >= 0.6 is 11.8 Å². The van der Waals surface area contributed by atoms with Gasteiger partial charge in [0.15, 0.2) is 5.16 Å². The van der Waals surface area contributed by atoms with Gasteiger partial charge in [-0.25, -0.2) is 9.97 Å². The number of aromatic nitrogens is 3. The second-order valence-corrected chi connectivity index (χ2v) is 7.42. The molecule has 0 radical (unpaired) electrons. The summed E-state index contributed by atoms with van der Waals surface area (Å²) in [5, 5.41) is 0.919. The average Bonchev–Trinajstić information content (AvgIpc) is 3.24. The van der Waals surface area contributed by atoms with Gasteiger partial charge in [-0.3, -0.25) is 0 Å². The summed E-state index contributed by atoms with van der Waals surface area (Å²) >= 11 is 1.65. The molecular formula is C22H21N3OS. The standard InChI is InChI=1S/C22H21N3OS/c1-15-19(13-17-9-5-3-6-10-17)25-22(23-15)27-14-20-16(2)26-21(24-20)18-11-7-4-8-12-18/h3-12H,13-14H2,1-2H3,(H,23,25). The Bertz CT molecular complexity index is 1020. The van der Waals surface area contributed by atoms with Crippen molar-refractivity contribution in [1.82, 2.24) is 15.0 Å². The first-order valence-electron chi connectivity index (χ1n) is 8.93. The summed E-state index contributed by atoms with van der Waals surface area (Å²) in [4.78, 5) is 12.8. The predicted molar refractivity (Wildman–Crippen MR) is 109 cm³/mol. The molecule has 0 saturated carbocycles. The number of hydrogen-bond donors (Lipinski definition) is 1. The van der Waals surface area contributed by atoms with E-state index in [2.05, 4.69) is 41.2 Å². The predicted octanol–water partition coefficient (Wildman–Crippen LogP) is 5.56. The molecular weight excluding hydrogens is 354 g/mol. The van der Waals surface area contributed by atoms with Gasteiger partial charge in [0.25, 0.3) is 0 Å². The van der Waals surface area contributed by atoms with Gasteiger partial charge < -0.3 is 9.40 Å². The van der Waals surface area contributed by atoms with Crippen LogP contribution < -0.4 is 0 Å². The van der Waals surface area contributed by atoms with E-state index in [4.69, 9.17) is 9.40 Å². The van der Waals surface area contributed by atoms with Gasteiger partial charge in [-0.15, -0.1) is 0 Å². The van der Waals surface area contributed by atoms with Crippen LogP contribution in [0.25, 0.3) is 11.5 Å². The molecule has 2 aromatic heterocycles. The Labute approximate surface area is 163 Å². The summed E-state index contributed by atoms with van der Waals surface area (Å²) in [6.45, 7) is 4.04. The van der Waals surface area contributed by atoms with E-state index in [0.717, 1.165) is 45.7 Å². The zero-order valence-electron chi connectivity index (χ0n) is 15.4. The van der Waals surface area contributed by atoms with E-state index >= 15 is 0 Å². The van der Waals surface area contributed by atoms with E-state index in [9.17, 15) is 0 Å². The van der Waals surface area contributed by atoms with E-state index in [-0.39, 0.29) is 0 Å². The van der Waals surface area contributed by atoms with E-state index in [1.54, 1.807) is 11.8 Å². The fourth-order valence-electron chi connectivity index (χ4n) is 2.90. The van der Waals surface area contributed by atoms with E-state index in [1.165, 1.54) is 5.56 Å². The minimum atomic E-state index is 0.670. The molecule has 5 heteroatoms. The Morgan fingerprint density at radius 2 is 1.59 bits per heavy atom. The second kappa shape index (κ2) is 7.84. The number of thioether (sulfide) groups is 1. The van der Waals surface area contributed by atoms with Crippen molar-refractivity contribution in [2.24, 2.45) is 0 Å². The van der Waals surface area contributed by atoms with Crippen molar-refractivity contribution >= 4 is 11.8 Å². The molecule has 0 aliphatic rings. The van der Waals surface area contributed by atoms with Gasteiger partial charge in [0.1, 0.15) is 5.76 Å². The highest BCUT2D eigenvalue weighted by Gasteiger charge is 2.13.